The summed E-state index contributed by atoms with van der Waals surface area (Å²) in [5, 5.41) is 5.58. The van der Waals surface area contributed by atoms with Gasteiger partial charge in [-0.25, -0.2) is 0 Å². The van der Waals surface area contributed by atoms with E-state index in [-0.39, 0.29) is 0 Å². The third-order valence-corrected chi connectivity index (χ3v) is 6.87. The highest BCUT2D eigenvalue weighted by molar-refractivity contribution is 7.58. The summed E-state index contributed by atoms with van der Waals surface area (Å²) in [6.45, 7) is 5.19. The highest BCUT2D eigenvalue weighted by Crippen LogP contribution is 2.54. The van der Waals surface area contributed by atoms with Crippen LogP contribution in [0.2, 0.25) is 5.02 Å². The Morgan fingerprint density at radius 2 is 2.00 bits per heavy atom. The third-order valence-electron chi connectivity index (χ3n) is 4.18. The number of rotatable bonds is 6. The molecule has 0 spiro atoms. The molecule has 0 aliphatic rings. The number of carbonyl (C=O) groups is 1. The van der Waals surface area contributed by atoms with E-state index in [1.54, 1.807) is 30.7 Å². The van der Waals surface area contributed by atoms with Crippen molar-refractivity contribution in [3.63, 3.8) is 0 Å². The molecule has 160 valence electrons. The summed E-state index contributed by atoms with van der Waals surface area (Å²) in [6.07, 6.45) is 3.15. The van der Waals surface area contributed by atoms with Gasteiger partial charge >= 0.3 is 0 Å². The summed E-state index contributed by atoms with van der Waals surface area (Å²) in [4.78, 5) is 23.0. The van der Waals surface area contributed by atoms with Crippen molar-refractivity contribution in [2.45, 2.75) is 19.5 Å². The summed E-state index contributed by atoms with van der Waals surface area (Å²) in [6, 6.07) is 12.6. The first-order valence-corrected chi connectivity index (χ1v) is 12.8. The Bertz CT molecular complexity index is 1090. The zero-order chi connectivity index (χ0) is 22.3. The second kappa shape index (κ2) is 10.8. The number of benzene rings is 2. The fourth-order valence-electron chi connectivity index (χ4n) is 2.89. The zero-order valence-electron chi connectivity index (χ0n) is 17.3. The van der Waals surface area contributed by atoms with Crippen LogP contribution in [0.4, 0.5) is 0 Å². The molecule has 30 heavy (non-hydrogen) atoms. The molecule has 0 aliphatic heterocycles. The van der Waals surface area contributed by atoms with Gasteiger partial charge in [-0.2, -0.15) is 0 Å². The molecule has 0 saturated carbocycles. The summed E-state index contributed by atoms with van der Waals surface area (Å²) in [5.74, 6) is 0.147. The van der Waals surface area contributed by atoms with Crippen molar-refractivity contribution in [1.82, 2.24) is 5.32 Å². The van der Waals surface area contributed by atoms with E-state index in [4.69, 9.17) is 16.3 Å². The fourth-order valence-corrected chi connectivity index (χ4v) is 5.37. The summed E-state index contributed by atoms with van der Waals surface area (Å²) in [7, 11) is -2.19. The van der Waals surface area contributed by atoms with Gasteiger partial charge in [-0.15, -0.1) is 11.3 Å². The van der Waals surface area contributed by atoms with E-state index in [0.717, 1.165) is 10.3 Å². The number of methoxy groups -OCH3 is 1. The SMILES string of the molecule is CC.COc1cccc(/C=C/NC(=O)C(c2csc3ccc(Cl)cc23)P(C)(=O)O)c1. The molecule has 2 N–H and O–H groups in total. The fraction of sp³-hybridized carbons (Fsp3) is 0.227. The number of thiophene rings is 1. The lowest BCUT2D eigenvalue weighted by molar-refractivity contribution is -0.120. The quantitative estimate of drug-likeness (QED) is 0.418. The molecule has 0 bridgehead atoms. The predicted molar refractivity (Wildman–Crippen MR) is 127 cm³/mol. The maximum atomic E-state index is 12.8. The molecule has 3 rings (SSSR count). The Morgan fingerprint density at radius 3 is 2.67 bits per heavy atom. The van der Waals surface area contributed by atoms with Gasteiger partial charge < -0.3 is 14.9 Å². The van der Waals surface area contributed by atoms with Gasteiger partial charge in [-0.1, -0.05) is 37.6 Å². The van der Waals surface area contributed by atoms with Crippen molar-refractivity contribution in [2.24, 2.45) is 0 Å². The van der Waals surface area contributed by atoms with Crippen LogP contribution in [0, 0.1) is 0 Å². The minimum atomic E-state index is -3.77. The average Bonchev–Trinajstić information content (AvgIpc) is 3.11. The molecule has 0 aliphatic carbocycles. The zero-order valence-corrected chi connectivity index (χ0v) is 19.7. The van der Waals surface area contributed by atoms with E-state index < -0.39 is 18.9 Å². The molecule has 1 heterocycles. The number of amides is 1. The lowest BCUT2D eigenvalue weighted by Gasteiger charge is -2.18. The van der Waals surface area contributed by atoms with Gasteiger partial charge in [0.05, 0.1) is 7.11 Å². The second-order valence-corrected chi connectivity index (χ2v) is 10.0. The lowest BCUT2D eigenvalue weighted by Crippen LogP contribution is -2.25. The number of hydrogen-bond acceptors (Lipinski definition) is 4. The monoisotopic (exact) mass is 465 g/mol. The van der Waals surface area contributed by atoms with Crippen molar-refractivity contribution >= 4 is 52.4 Å². The third kappa shape index (κ3) is 5.96. The van der Waals surface area contributed by atoms with Crippen LogP contribution >= 0.6 is 30.3 Å². The molecule has 2 aromatic carbocycles. The minimum Gasteiger partial charge on any atom is -0.497 e. The number of hydrogen-bond donors (Lipinski definition) is 2. The largest absolute Gasteiger partial charge is 0.497 e. The van der Waals surface area contributed by atoms with Crippen LogP contribution in [0.3, 0.4) is 0 Å². The van der Waals surface area contributed by atoms with E-state index in [1.165, 1.54) is 24.2 Å². The second-order valence-electron chi connectivity index (χ2n) is 6.30. The van der Waals surface area contributed by atoms with Crippen LogP contribution in [-0.4, -0.2) is 24.6 Å². The topological polar surface area (TPSA) is 75.6 Å². The molecular formula is C22H25ClNO4PS. The standard InChI is InChI=1S/C20H19ClNO4PS.C2H6/c1-26-15-5-3-4-13(10-15)8-9-22-20(23)19(27(2,24)25)17-12-28-18-7-6-14(21)11-16(17)18;1-2/h3-12,19H,1-2H3,(H,22,23)(H,24,25);1-2H3/b9-8+;. The van der Waals surface area contributed by atoms with Gasteiger partial charge in [0, 0.05) is 22.6 Å². The van der Waals surface area contributed by atoms with Gasteiger partial charge in [0.15, 0.2) is 0 Å². The molecule has 3 aromatic rings. The van der Waals surface area contributed by atoms with Crippen LogP contribution in [0.15, 0.2) is 54.0 Å². The minimum absolute atomic E-state index is 0.503. The van der Waals surface area contributed by atoms with Crippen molar-refractivity contribution in [3.8, 4) is 5.75 Å². The highest BCUT2D eigenvalue weighted by atomic mass is 35.5. The lowest BCUT2D eigenvalue weighted by atomic mass is 10.1. The first kappa shape index (κ1) is 24.2. The van der Waals surface area contributed by atoms with Gasteiger partial charge in [0.1, 0.15) is 11.4 Å². The molecule has 0 saturated heterocycles. The summed E-state index contributed by atoms with van der Waals surface area (Å²) < 4.78 is 18.6. The number of ether oxygens (including phenoxy) is 1. The smallest absolute Gasteiger partial charge is 0.241 e. The highest BCUT2D eigenvalue weighted by Gasteiger charge is 2.36. The molecule has 2 unspecified atom stereocenters. The van der Waals surface area contributed by atoms with Crippen LogP contribution < -0.4 is 10.1 Å². The van der Waals surface area contributed by atoms with E-state index >= 15 is 0 Å². The van der Waals surface area contributed by atoms with Crippen molar-refractivity contribution < 1.29 is 19.0 Å². The first-order chi connectivity index (χ1) is 14.3. The summed E-state index contributed by atoms with van der Waals surface area (Å²) in [5.41, 5.74) is 0.144. The van der Waals surface area contributed by atoms with Crippen LogP contribution in [0.5, 0.6) is 5.75 Å². The maximum absolute atomic E-state index is 12.8. The number of carbonyl (C=O) groups excluding carboxylic acids is 1. The first-order valence-electron chi connectivity index (χ1n) is 9.37. The Labute approximate surface area is 185 Å². The van der Waals surface area contributed by atoms with E-state index in [0.29, 0.717) is 21.7 Å². The normalized spacial score (nSPS) is 13.9. The Morgan fingerprint density at radius 1 is 1.27 bits per heavy atom. The van der Waals surface area contributed by atoms with Crippen molar-refractivity contribution in [1.29, 1.82) is 0 Å². The van der Waals surface area contributed by atoms with Gasteiger partial charge in [-0.05, 0) is 58.3 Å². The summed E-state index contributed by atoms with van der Waals surface area (Å²) >= 11 is 7.48. The molecule has 0 fully saturated rings. The average molecular weight is 466 g/mol. The Hall–Kier alpha value is -2.11. The number of nitrogens with one attached hydrogen (secondary N) is 1. The molecular weight excluding hydrogens is 441 g/mol. The predicted octanol–water partition coefficient (Wildman–Crippen LogP) is 6.32. The number of halogens is 1. The van der Waals surface area contributed by atoms with Crippen molar-refractivity contribution in [3.05, 3.63) is 70.2 Å². The van der Waals surface area contributed by atoms with E-state index in [1.807, 2.05) is 44.2 Å². The molecule has 1 aromatic heterocycles. The van der Waals surface area contributed by atoms with E-state index in [9.17, 15) is 14.3 Å². The van der Waals surface area contributed by atoms with Crippen molar-refractivity contribution in [2.75, 3.05) is 13.8 Å². The molecule has 2 atom stereocenters. The van der Waals surface area contributed by atoms with Gasteiger partial charge in [-0.3, -0.25) is 9.36 Å². The Kier molecular flexibility index (Phi) is 8.68. The molecule has 1 amide bonds. The van der Waals surface area contributed by atoms with Crippen LogP contribution in [0.25, 0.3) is 16.2 Å². The molecule has 8 heteroatoms. The van der Waals surface area contributed by atoms with Gasteiger partial charge in [0.25, 0.3) is 0 Å². The Balaban J connectivity index is 0.00000155. The maximum Gasteiger partial charge on any atom is 0.241 e. The number of fused-ring (bicyclic) bond motifs is 1. The van der Waals surface area contributed by atoms with Crippen LogP contribution in [-0.2, 0) is 9.36 Å². The molecule has 0 radical (unpaired) electrons. The van der Waals surface area contributed by atoms with Gasteiger partial charge in [0.2, 0.25) is 13.3 Å². The van der Waals surface area contributed by atoms with Crippen LogP contribution in [0.1, 0.15) is 30.6 Å². The van der Waals surface area contributed by atoms with E-state index in [2.05, 4.69) is 5.32 Å². The molecule has 5 nitrogen and oxygen atoms in total.